The summed E-state index contributed by atoms with van der Waals surface area (Å²) in [7, 11) is 1.81. The van der Waals surface area contributed by atoms with Crippen LogP contribution >= 0.6 is 0 Å². The SMILES string of the molecule is CNC(C)c1ccc(CC(F)(F)F)cc1. The molecular weight excluding hydrogens is 203 g/mol. The molecular formula is C11H14F3N. The Morgan fingerprint density at radius 3 is 2.13 bits per heavy atom. The van der Waals surface area contributed by atoms with Crippen molar-refractivity contribution in [3.8, 4) is 0 Å². The van der Waals surface area contributed by atoms with Gasteiger partial charge in [0.15, 0.2) is 0 Å². The zero-order chi connectivity index (χ0) is 11.5. The van der Waals surface area contributed by atoms with Crippen molar-refractivity contribution in [2.45, 2.75) is 25.6 Å². The first kappa shape index (κ1) is 12.0. The van der Waals surface area contributed by atoms with E-state index in [1.165, 1.54) is 12.1 Å². The molecule has 0 amide bonds. The standard InChI is InChI=1S/C11H14F3N/c1-8(15-2)10-5-3-9(4-6-10)7-11(12,13)14/h3-6,8,15H,7H2,1-2H3. The van der Waals surface area contributed by atoms with Gasteiger partial charge in [0, 0.05) is 6.04 Å². The van der Waals surface area contributed by atoms with Crippen LogP contribution in [0.2, 0.25) is 0 Å². The Balaban J connectivity index is 2.72. The number of benzene rings is 1. The summed E-state index contributed by atoms with van der Waals surface area (Å²) in [6, 6.07) is 6.66. The largest absolute Gasteiger partial charge is 0.393 e. The Morgan fingerprint density at radius 2 is 1.73 bits per heavy atom. The van der Waals surface area contributed by atoms with Crippen LogP contribution in [0, 0.1) is 0 Å². The number of nitrogens with one attached hydrogen (secondary N) is 1. The molecule has 0 saturated heterocycles. The molecule has 0 saturated carbocycles. The second-order valence-electron chi connectivity index (χ2n) is 3.54. The molecule has 0 fully saturated rings. The fourth-order valence-corrected chi connectivity index (χ4v) is 1.32. The van der Waals surface area contributed by atoms with Crippen LogP contribution in [0.1, 0.15) is 24.1 Å². The lowest BCUT2D eigenvalue weighted by atomic mass is 10.0. The first-order chi connectivity index (χ1) is 6.92. The summed E-state index contributed by atoms with van der Waals surface area (Å²) >= 11 is 0. The minimum absolute atomic E-state index is 0.157. The summed E-state index contributed by atoms with van der Waals surface area (Å²) in [5, 5.41) is 3.03. The number of hydrogen-bond acceptors (Lipinski definition) is 1. The normalized spacial score (nSPS) is 13.9. The molecule has 1 aromatic rings. The predicted octanol–water partition coefficient (Wildman–Crippen LogP) is 3.07. The van der Waals surface area contributed by atoms with Gasteiger partial charge in [-0.3, -0.25) is 0 Å². The van der Waals surface area contributed by atoms with Gasteiger partial charge in [-0.05, 0) is 25.1 Å². The topological polar surface area (TPSA) is 12.0 Å². The van der Waals surface area contributed by atoms with Crippen LogP contribution in [0.3, 0.4) is 0 Å². The summed E-state index contributed by atoms with van der Waals surface area (Å²) in [5.74, 6) is 0. The summed E-state index contributed by atoms with van der Waals surface area (Å²) < 4.78 is 36.2. The van der Waals surface area contributed by atoms with Gasteiger partial charge in [0.1, 0.15) is 0 Å². The second kappa shape index (κ2) is 4.66. The fourth-order valence-electron chi connectivity index (χ4n) is 1.32. The maximum Gasteiger partial charge on any atom is 0.393 e. The van der Waals surface area contributed by atoms with E-state index in [0.717, 1.165) is 5.56 Å². The molecule has 0 aliphatic heterocycles. The summed E-state index contributed by atoms with van der Waals surface area (Å²) in [5.41, 5.74) is 1.29. The van der Waals surface area contributed by atoms with Crippen LogP contribution in [-0.2, 0) is 6.42 Å². The zero-order valence-corrected chi connectivity index (χ0v) is 8.73. The van der Waals surface area contributed by atoms with E-state index in [1.807, 2.05) is 14.0 Å². The van der Waals surface area contributed by atoms with E-state index >= 15 is 0 Å². The van der Waals surface area contributed by atoms with Crippen molar-refractivity contribution in [3.63, 3.8) is 0 Å². The van der Waals surface area contributed by atoms with Gasteiger partial charge in [-0.25, -0.2) is 0 Å². The Bertz CT molecular complexity index is 303. The van der Waals surface area contributed by atoms with Crippen LogP contribution < -0.4 is 5.32 Å². The van der Waals surface area contributed by atoms with E-state index in [4.69, 9.17) is 0 Å². The highest BCUT2D eigenvalue weighted by Crippen LogP contribution is 2.22. The first-order valence-electron chi connectivity index (χ1n) is 4.75. The number of halogens is 3. The molecule has 0 spiro atoms. The van der Waals surface area contributed by atoms with E-state index in [2.05, 4.69) is 5.32 Å². The van der Waals surface area contributed by atoms with Gasteiger partial charge in [-0.15, -0.1) is 0 Å². The molecule has 0 heterocycles. The van der Waals surface area contributed by atoms with Gasteiger partial charge in [-0.2, -0.15) is 13.2 Å². The molecule has 15 heavy (non-hydrogen) atoms. The summed E-state index contributed by atoms with van der Waals surface area (Å²) in [6.07, 6.45) is -4.99. The lowest BCUT2D eigenvalue weighted by Gasteiger charge is -2.11. The number of hydrogen-bond donors (Lipinski definition) is 1. The Kier molecular flexibility index (Phi) is 3.74. The summed E-state index contributed by atoms with van der Waals surface area (Å²) in [4.78, 5) is 0. The molecule has 84 valence electrons. The Hall–Kier alpha value is -1.03. The number of rotatable bonds is 3. The maximum absolute atomic E-state index is 12.1. The van der Waals surface area contributed by atoms with E-state index in [1.54, 1.807) is 12.1 Å². The third kappa shape index (κ3) is 3.91. The second-order valence-corrected chi connectivity index (χ2v) is 3.54. The van der Waals surface area contributed by atoms with Crippen molar-refractivity contribution < 1.29 is 13.2 Å². The molecule has 1 aromatic carbocycles. The molecule has 0 radical (unpaired) electrons. The van der Waals surface area contributed by atoms with E-state index in [-0.39, 0.29) is 6.04 Å². The highest BCUT2D eigenvalue weighted by Gasteiger charge is 2.27. The zero-order valence-electron chi connectivity index (χ0n) is 8.73. The number of alkyl halides is 3. The van der Waals surface area contributed by atoms with E-state index < -0.39 is 12.6 Å². The molecule has 0 aromatic heterocycles. The molecule has 1 nitrogen and oxygen atoms in total. The Labute approximate surface area is 87.3 Å². The van der Waals surface area contributed by atoms with Crippen LogP contribution in [0.25, 0.3) is 0 Å². The third-order valence-electron chi connectivity index (χ3n) is 2.32. The average molecular weight is 217 g/mol. The molecule has 4 heteroatoms. The highest BCUT2D eigenvalue weighted by molar-refractivity contribution is 5.25. The van der Waals surface area contributed by atoms with Crippen LogP contribution in [0.4, 0.5) is 13.2 Å². The molecule has 1 unspecified atom stereocenters. The molecule has 0 aliphatic carbocycles. The summed E-state index contributed by atoms with van der Waals surface area (Å²) in [6.45, 7) is 1.96. The van der Waals surface area contributed by atoms with Crippen molar-refractivity contribution >= 4 is 0 Å². The smallest absolute Gasteiger partial charge is 0.313 e. The van der Waals surface area contributed by atoms with Gasteiger partial charge in [0.05, 0.1) is 6.42 Å². The van der Waals surface area contributed by atoms with E-state index in [9.17, 15) is 13.2 Å². The minimum Gasteiger partial charge on any atom is -0.313 e. The highest BCUT2D eigenvalue weighted by atomic mass is 19.4. The van der Waals surface area contributed by atoms with Gasteiger partial charge in [0.25, 0.3) is 0 Å². The van der Waals surface area contributed by atoms with Crippen LogP contribution in [0.5, 0.6) is 0 Å². The van der Waals surface area contributed by atoms with Crippen molar-refractivity contribution in [2.24, 2.45) is 0 Å². The van der Waals surface area contributed by atoms with Crippen molar-refractivity contribution in [3.05, 3.63) is 35.4 Å². The van der Waals surface area contributed by atoms with Gasteiger partial charge < -0.3 is 5.32 Å². The van der Waals surface area contributed by atoms with Crippen molar-refractivity contribution in [1.82, 2.24) is 5.32 Å². The van der Waals surface area contributed by atoms with Crippen molar-refractivity contribution in [1.29, 1.82) is 0 Å². The van der Waals surface area contributed by atoms with E-state index in [0.29, 0.717) is 5.56 Å². The fraction of sp³-hybridized carbons (Fsp3) is 0.455. The molecule has 1 rings (SSSR count). The predicted molar refractivity (Wildman–Crippen MR) is 53.7 cm³/mol. The Morgan fingerprint density at radius 1 is 1.20 bits per heavy atom. The van der Waals surface area contributed by atoms with Crippen LogP contribution in [0.15, 0.2) is 24.3 Å². The van der Waals surface area contributed by atoms with Crippen LogP contribution in [-0.4, -0.2) is 13.2 Å². The first-order valence-corrected chi connectivity index (χ1v) is 4.75. The van der Waals surface area contributed by atoms with Crippen molar-refractivity contribution in [2.75, 3.05) is 7.05 Å². The van der Waals surface area contributed by atoms with Gasteiger partial charge in [-0.1, -0.05) is 24.3 Å². The average Bonchev–Trinajstić information content (AvgIpc) is 2.15. The lowest BCUT2D eigenvalue weighted by molar-refractivity contribution is -0.127. The minimum atomic E-state index is -4.13. The quantitative estimate of drug-likeness (QED) is 0.820. The lowest BCUT2D eigenvalue weighted by Crippen LogP contribution is -2.13. The molecule has 0 aliphatic rings. The molecule has 0 bridgehead atoms. The maximum atomic E-state index is 12.1. The molecule has 1 N–H and O–H groups in total. The van der Waals surface area contributed by atoms with Gasteiger partial charge >= 0.3 is 6.18 Å². The third-order valence-corrected chi connectivity index (χ3v) is 2.32. The molecule has 1 atom stereocenters. The van der Waals surface area contributed by atoms with Gasteiger partial charge in [0.2, 0.25) is 0 Å². The monoisotopic (exact) mass is 217 g/mol.